The van der Waals surface area contributed by atoms with E-state index >= 15 is 0 Å². The van der Waals surface area contributed by atoms with Gasteiger partial charge in [-0.1, -0.05) is 18.2 Å². The molecule has 0 rings (SSSR count). The summed E-state index contributed by atoms with van der Waals surface area (Å²) >= 11 is 0. The van der Waals surface area contributed by atoms with Crippen molar-refractivity contribution < 1.29 is 4.74 Å². The van der Waals surface area contributed by atoms with Gasteiger partial charge in [-0.3, -0.25) is 0 Å². The summed E-state index contributed by atoms with van der Waals surface area (Å²) in [6, 6.07) is 0. The van der Waals surface area contributed by atoms with E-state index in [1.54, 1.807) is 13.2 Å². The van der Waals surface area contributed by atoms with Gasteiger partial charge in [0, 0.05) is 7.11 Å². The van der Waals surface area contributed by atoms with Crippen molar-refractivity contribution in [1.29, 1.82) is 0 Å². The van der Waals surface area contributed by atoms with Crippen LogP contribution in [0.25, 0.3) is 0 Å². The average molecular weight is 126 g/mol. The van der Waals surface area contributed by atoms with Crippen LogP contribution in [0.1, 0.15) is 13.3 Å². The van der Waals surface area contributed by atoms with E-state index in [0.717, 1.165) is 6.42 Å². The van der Waals surface area contributed by atoms with Crippen LogP contribution in [-0.2, 0) is 4.74 Å². The lowest BCUT2D eigenvalue weighted by atomic mass is 10.2. The Kier molecular flexibility index (Phi) is 5.23. The number of ether oxygens (including phenoxy) is 1. The van der Waals surface area contributed by atoms with Crippen molar-refractivity contribution in [2.45, 2.75) is 19.4 Å². The first-order valence-electron chi connectivity index (χ1n) is 3.11. The van der Waals surface area contributed by atoms with E-state index in [-0.39, 0.29) is 6.10 Å². The van der Waals surface area contributed by atoms with E-state index in [9.17, 15) is 0 Å². The zero-order chi connectivity index (χ0) is 7.11. The molecule has 0 aliphatic heterocycles. The zero-order valence-corrected chi connectivity index (χ0v) is 6.13. The molecule has 9 heavy (non-hydrogen) atoms. The molecule has 1 heteroatoms. The maximum Gasteiger partial charge on any atom is 0.0783 e. The van der Waals surface area contributed by atoms with Crippen molar-refractivity contribution in [3.8, 4) is 0 Å². The monoisotopic (exact) mass is 126 g/mol. The summed E-state index contributed by atoms with van der Waals surface area (Å²) in [6.07, 6.45) is 6.99. The molecular formula is C8H14O. The summed E-state index contributed by atoms with van der Waals surface area (Å²) in [7, 11) is 1.69. The molecule has 0 radical (unpaired) electrons. The molecule has 52 valence electrons. The molecule has 0 saturated heterocycles. The highest BCUT2D eigenvalue weighted by Gasteiger charge is 1.94. The summed E-state index contributed by atoms with van der Waals surface area (Å²) in [5.41, 5.74) is 0. The number of hydrogen-bond acceptors (Lipinski definition) is 1. The van der Waals surface area contributed by atoms with Gasteiger partial charge >= 0.3 is 0 Å². The third kappa shape index (κ3) is 3.98. The van der Waals surface area contributed by atoms with Gasteiger partial charge in [0.15, 0.2) is 0 Å². The minimum Gasteiger partial charge on any atom is -0.377 e. The fourth-order valence-corrected chi connectivity index (χ4v) is 0.559. The smallest absolute Gasteiger partial charge is 0.0783 e. The lowest BCUT2D eigenvalue weighted by Crippen LogP contribution is -2.03. The Morgan fingerprint density at radius 3 is 2.67 bits per heavy atom. The maximum absolute atomic E-state index is 5.03. The third-order valence-electron chi connectivity index (χ3n) is 1.17. The molecule has 0 aromatic heterocycles. The third-order valence-corrected chi connectivity index (χ3v) is 1.17. The maximum atomic E-state index is 5.03. The second kappa shape index (κ2) is 5.57. The van der Waals surface area contributed by atoms with Crippen molar-refractivity contribution in [2.24, 2.45) is 0 Å². The molecule has 0 heterocycles. The van der Waals surface area contributed by atoms with Gasteiger partial charge in [-0.05, 0) is 13.3 Å². The fourth-order valence-electron chi connectivity index (χ4n) is 0.559. The van der Waals surface area contributed by atoms with E-state index < -0.39 is 0 Å². The standard InChI is InChI=1S/C8H14O/c1-4-6-7-8(5-2)9-3/h4-6,8H,2,7H2,1,3H3/b6-4-. The summed E-state index contributed by atoms with van der Waals surface area (Å²) in [4.78, 5) is 0. The van der Waals surface area contributed by atoms with Crippen molar-refractivity contribution in [1.82, 2.24) is 0 Å². The Labute approximate surface area is 57.0 Å². The van der Waals surface area contributed by atoms with Gasteiger partial charge in [-0.2, -0.15) is 0 Å². The van der Waals surface area contributed by atoms with Crippen LogP contribution in [0.2, 0.25) is 0 Å². The lowest BCUT2D eigenvalue weighted by Gasteiger charge is -2.04. The predicted molar refractivity (Wildman–Crippen MR) is 40.4 cm³/mol. The minimum atomic E-state index is 0.182. The van der Waals surface area contributed by atoms with Gasteiger partial charge in [0.25, 0.3) is 0 Å². The largest absolute Gasteiger partial charge is 0.377 e. The van der Waals surface area contributed by atoms with Gasteiger partial charge in [0.05, 0.1) is 6.10 Å². The van der Waals surface area contributed by atoms with Gasteiger partial charge in [0.2, 0.25) is 0 Å². The molecule has 0 saturated carbocycles. The number of rotatable bonds is 4. The molecular weight excluding hydrogens is 112 g/mol. The van der Waals surface area contributed by atoms with E-state index in [0.29, 0.717) is 0 Å². The molecule has 0 aliphatic rings. The second-order valence-electron chi connectivity index (χ2n) is 1.81. The number of methoxy groups -OCH3 is 1. The Morgan fingerprint density at radius 2 is 2.33 bits per heavy atom. The first-order valence-corrected chi connectivity index (χ1v) is 3.11. The van der Waals surface area contributed by atoms with E-state index in [1.807, 2.05) is 13.0 Å². The molecule has 1 nitrogen and oxygen atoms in total. The lowest BCUT2D eigenvalue weighted by molar-refractivity contribution is 0.144. The molecule has 0 aromatic carbocycles. The number of hydrogen-bond donors (Lipinski definition) is 0. The minimum absolute atomic E-state index is 0.182. The Hall–Kier alpha value is -0.560. The van der Waals surface area contributed by atoms with Crippen molar-refractivity contribution >= 4 is 0 Å². The summed E-state index contributed by atoms with van der Waals surface area (Å²) in [6.45, 7) is 5.62. The molecule has 0 aromatic rings. The molecule has 0 aliphatic carbocycles. The van der Waals surface area contributed by atoms with Crippen LogP contribution in [0.3, 0.4) is 0 Å². The van der Waals surface area contributed by atoms with Crippen molar-refractivity contribution in [3.63, 3.8) is 0 Å². The average Bonchev–Trinajstić information content (AvgIpc) is 1.91. The van der Waals surface area contributed by atoms with Crippen LogP contribution in [0.5, 0.6) is 0 Å². The molecule has 0 N–H and O–H groups in total. The molecule has 0 amide bonds. The zero-order valence-electron chi connectivity index (χ0n) is 6.13. The molecule has 1 atom stereocenters. The van der Waals surface area contributed by atoms with Crippen LogP contribution in [0, 0.1) is 0 Å². The van der Waals surface area contributed by atoms with Crippen LogP contribution >= 0.6 is 0 Å². The van der Waals surface area contributed by atoms with Gasteiger partial charge in [0.1, 0.15) is 0 Å². The van der Waals surface area contributed by atoms with E-state index in [2.05, 4.69) is 12.7 Å². The van der Waals surface area contributed by atoms with Crippen LogP contribution in [0.4, 0.5) is 0 Å². The fraction of sp³-hybridized carbons (Fsp3) is 0.500. The summed E-state index contributed by atoms with van der Waals surface area (Å²) in [5, 5.41) is 0. The van der Waals surface area contributed by atoms with Crippen LogP contribution in [-0.4, -0.2) is 13.2 Å². The van der Waals surface area contributed by atoms with E-state index in [4.69, 9.17) is 4.74 Å². The highest BCUT2D eigenvalue weighted by molar-refractivity contribution is 4.88. The molecule has 0 fully saturated rings. The predicted octanol–water partition coefficient (Wildman–Crippen LogP) is 2.15. The normalized spacial score (nSPS) is 14.0. The SMILES string of the molecule is C=CC(C/C=C\C)OC. The van der Waals surface area contributed by atoms with Gasteiger partial charge in [-0.15, -0.1) is 6.58 Å². The van der Waals surface area contributed by atoms with Gasteiger partial charge in [-0.25, -0.2) is 0 Å². The van der Waals surface area contributed by atoms with Crippen molar-refractivity contribution in [2.75, 3.05) is 7.11 Å². The molecule has 0 bridgehead atoms. The Bertz CT molecular complexity index is 94.7. The Balaban J connectivity index is 3.42. The van der Waals surface area contributed by atoms with Crippen molar-refractivity contribution in [3.05, 3.63) is 24.8 Å². The summed E-state index contributed by atoms with van der Waals surface area (Å²) < 4.78 is 5.03. The quantitative estimate of drug-likeness (QED) is 0.524. The first kappa shape index (κ1) is 8.44. The summed E-state index contributed by atoms with van der Waals surface area (Å²) in [5.74, 6) is 0. The molecule has 0 spiro atoms. The second-order valence-corrected chi connectivity index (χ2v) is 1.81. The van der Waals surface area contributed by atoms with Crippen LogP contribution < -0.4 is 0 Å². The van der Waals surface area contributed by atoms with Crippen LogP contribution in [0.15, 0.2) is 24.8 Å². The molecule has 1 unspecified atom stereocenters. The van der Waals surface area contributed by atoms with Gasteiger partial charge < -0.3 is 4.74 Å². The highest BCUT2D eigenvalue weighted by atomic mass is 16.5. The number of allylic oxidation sites excluding steroid dienone is 1. The Morgan fingerprint density at radius 1 is 1.67 bits per heavy atom. The topological polar surface area (TPSA) is 9.23 Å². The highest BCUT2D eigenvalue weighted by Crippen LogP contribution is 1.97. The first-order chi connectivity index (χ1) is 4.35. The van der Waals surface area contributed by atoms with E-state index in [1.165, 1.54) is 0 Å².